The van der Waals surface area contributed by atoms with Crippen molar-refractivity contribution < 1.29 is 4.42 Å². The second-order valence-electron chi connectivity index (χ2n) is 11.3. The third-order valence-electron chi connectivity index (χ3n) is 8.69. The van der Waals surface area contributed by atoms with Crippen LogP contribution in [-0.2, 0) is 0 Å². The molecule has 9 aromatic rings. The second kappa shape index (κ2) is 11.2. The molecule has 0 unspecified atom stereocenters. The molecule has 6 heterocycles. The molecule has 0 N–H and O–H groups in total. The monoisotopic (exact) mass is 616 g/mol. The first-order valence-electron chi connectivity index (χ1n) is 15.5. The Kier molecular flexibility index (Phi) is 6.37. The van der Waals surface area contributed by atoms with E-state index in [1.165, 1.54) is 0 Å². The maximum absolute atomic E-state index is 11.4. The highest BCUT2D eigenvalue weighted by atomic mass is 16.3. The Hall–Kier alpha value is -6.91. The van der Waals surface area contributed by atoms with Gasteiger partial charge in [-0.3, -0.25) is 24.5 Å². The van der Waals surface area contributed by atoms with Gasteiger partial charge >= 0.3 is 0 Å². The average molecular weight is 617 g/mol. The van der Waals surface area contributed by atoms with E-state index < -0.39 is 0 Å². The average Bonchev–Trinajstić information content (AvgIpc) is 3.70. The molecule has 6 aromatic heterocycles. The van der Waals surface area contributed by atoms with Gasteiger partial charge in [-0.15, -0.1) is 0 Å². The molecule has 0 fully saturated rings. The Bertz CT molecular complexity index is 2660. The third-order valence-corrected chi connectivity index (χ3v) is 8.69. The summed E-state index contributed by atoms with van der Waals surface area (Å²) in [6.45, 7) is 0. The number of nitrogens with zero attached hydrogens (tertiary/aromatic N) is 6. The number of furan rings is 1. The number of para-hydroxylation sites is 2. The Labute approximate surface area is 275 Å². The van der Waals surface area contributed by atoms with E-state index in [1.54, 1.807) is 24.8 Å². The van der Waals surface area contributed by atoms with Crippen LogP contribution in [0.25, 0.3) is 83.7 Å². The smallest absolute Gasteiger partial charge is 0.213 e. The maximum atomic E-state index is 11.4. The number of pyridine rings is 4. The van der Waals surface area contributed by atoms with Crippen LogP contribution >= 0.6 is 0 Å². The molecule has 0 saturated heterocycles. The van der Waals surface area contributed by atoms with Crippen LogP contribution in [-0.4, -0.2) is 24.5 Å². The van der Waals surface area contributed by atoms with Gasteiger partial charge in [-0.1, -0.05) is 60.7 Å². The van der Waals surface area contributed by atoms with Crippen molar-refractivity contribution in [3.63, 3.8) is 0 Å². The lowest BCUT2D eigenvalue weighted by Crippen LogP contribution is -2.09. The fourth-order valence-electron chi connectivity index (χ4n) is 6.79. The number of hydrogen-bond acceptors (Lipinski definition) is 6. The summed E-state index contributed by atoms with van der Waals surface area (Å²) in [6, 6.07) is 42.1. The summed E-state index contributed by atoms with van der Waals surface area (Å²) in [6.07, 6.45) is 7.05. The number of hydrogen-bond donors (Lipinski definition) is 0. The fourth-order valence-corrected chi connectivity index (χ4v) is 6.79. The summed E-state index contributed by atoms with van der Waals surface area (Å²) in [4.78, 5) is 19.5. The number of aromatic nitrogens is 5. The van der Waals surface area contributed by atoms with Crippen LogP contribution < -0.4 is 0 Å². The van der Waals surface area contributed by atoms with Crippen molar-refractivity contribution in [2.75, 3.05) is 0 Å². The highest BCUT2D eigenvalue weighted by Gasteiger charge is 2.33. The molecule has 7 nitrogen and oxygen atoms in total. The number of fused-ring (bicyclic) bond motifs is 5. The highest BCUT2D eigenvalue weighted by molar-refractivity contribution is 6.20. The van der Waals surface area contributed by atoms with Crippen LogP contribution in [0.4, 0.5) is 0 Å². The third kappa shape index (κ3) is 4.14. The summed E-state index contributed by atoms with van der Waals surface area (Å²) in [5, 5.41) is 14.4. The Morgan fingerprint density at radius 1 is 0.500 bits per heavy atom. The van der Waals surface area contributed by atoms with Crippen molar-refractivity contribution in [1.29, 1.82) is 5.26 Å². The Morgan fingerprint density at radius 2 is 0.979 bits per heavy atom. The summed E-state index contributed by atoms with van der Waals surface area (Å²) in [5.74, 6) is 0. The quantitative estimate of drug-likeness (QED) is 0.191. The molecule has 0 bridgehead atoms. The lowest BCUT2D eigenvalue weighted by atomic mass is 9.83. The van der Waals surface area contributed by atoms with E-state index >= 15 is 0 Å². The van der Waals surface area contributed by atoms with Crippen LogP contribution in [0.15, 0.2) is 151 Å². The summed E-state index contributed by atoms with van der Waals surface area (Å²) in [7, 11) is 0. The molecular weight excluding hydrogens is 592 g/mol. The Balaban J connectivity index is 1.60. The van der Waals surface area contributed by atoms with Crippen molar-refractivity contribution >= 4 is 33.0 Å². The molecule has 224 valence electrons. The van der Waals surface area contributed by atoms with E-state index in [9.17, 15) is 5.26 Å². The molecule has 0 spiro atoms. The van der Waals surface area contributed by atoms with E-state index in [0.29, 0.717) is 45.3 Å². The van der Waals surface area contributed by atoms with E-state index in [2.05, 4.69) is 28.8 Å². The summed E-state index contributed by atoms with van der Waals surface area (Å²) in [5.41, 5.74) is 8.95. The first-order chi connectivity index (χ1) is 23.8. The SMILES string of the molecule is N#Cc1c(-c2ccccn2)c(-c2ccccn2)c(-c2ccccn2)c(-c2ccccn2)c1-n1c2ccccc2c2c3ccccc3oc21. The van der Waals surface area contributed by atoms with Crippen molar-refractivity contribution in [2.24, 2.45) is 0 Å². The minimum absolute atomic E-state index is 0.415. The zero-order chi connectivity index (χ0) is 32.0. The molecule has 0 aliphatic carbocycles. The molecule has 0 aliphatic heterocycles. The first kappa shape index (κ1) is 27.4. The van der Waals surface area contributed by atoms with E-state index in [4.69, 9.17) is 24.4 Å². The molecule has 0 amide bonds. The second-order valence-corrected chi connectivity index (χ2v) is 11.3. The molecule has 0 atom stereocenters. The maximum Gasteiger partial charge on any atom is 0.213 e. The van der Waals surface area contributed by atoms with Gasteiger partial charge < -0.3 is 4.42 Å². The molecule has 9 rings (SSSR count). The van der Waals surface area contributed by atoms with Crippen molar-refractivity contribution in [2.45, 2.75) is 0 Å². The van der Waals surface area contributed by atoms with Gasteiger partial charge in [0.2, 0.25) is 5.71 Å². The largest absolute Gasteiger partial charge is 0.439 e. The van der Waals surface area contributed by atoms with Gasteiger partial charge in [0.25, 0.3) is 0 Å². The molecule has 48 heavy (non-hydrogen) atoms. The van der Waals surface area contributed by atoms with Gasteiger partial charge in [0.15, 0.2) is 0 Å². The molecule has 7 heteroatoms. The zero-order valence-electron chi connectivity index (χ0n) is 25.4. The lowest BCUT2D eigenvalue weighted by Gasteiger charge is -2.24. The topological polar surface area (TPSA) is 93.4 Å². The van der Waals surface area contributed by atoms with Crippen LogP contribution in [0, 0.1) is 11.3 Å². The number of nitriles is 1. The van der Waals surface area contributed by atoms with Crippen LogP contribution in [0.5, 0.6) is 0 Å². The van der Waals surface area contributed by atoms with E-state index in [1.807, 2.05) is 103 Å². The molecule has 3 aromatic carbocycles. The van der Waals surface area contributed by atoms with E-state index in [0.717, 1.165) is 43.9 Å². The molecular formula is C41H24N6O. The molecule has 0 radical (unpaired) electrons. The number of benzene rings is 3. The number of rotatable bonds is 5. The summed E-state index contributed by atoms with van der Waals surface area (Å²) >= 11 is 0. The van der Waals surface area contributed by atoms with Crippen molar-refractivity contribution in [3.8, 4) is 56.8 Å². The normalized spacial score (nSPS) is 11.3. The Morgan fingerprint density at radius 3 is 1.54 bits per heavy atom. The summed E-state index contributed by atoms with van der Waals surface area (Å²) < 4.78 is 8.79. The van der Waals surface area contributed by atoms with Crippen LogP contribution in [0.2, 0.25) is 0 Å². The predicted molar refractivity (Wildman–Crippen MR) is 188 cm³/mol. The highest BCUT2D eigenvalue weighted by Crippen LogP contribution is 2.51. The van der Waals surface area contributed by atoms with E-state index in [-0.39, 0.29) is 0 Å². The zero-order valence-corrected chi connectivity index (χ0v) is 25.4. The fraction of sp³-hybridized carbons (Fsp3) is 0. The van der Waals surface area contributed by atoms with Crippen LogP contribution in [0.3, 0.4) is 0 Å². The van der Waals surface area contributed by atoms with Crippen molar-refractivity contribution in [1.82, 2.24) is 24.5 Å². The minimum atomic E-state index is 0.415. The van der Waals surface area contributed by atoms with Gasteiger partial charge in [0, 0.05) is 57.8 Å². The lowest BCUT2D eigenvalue weighted by molar-refractivity contribution is 0.645. The molecule has 0 saturated carbocycles. The van der Waals surface area contributed by atoms with Crippen LogP contribution in [0.1, 0.15) is 5.56 Å². The predicted octanol–water partition coefficient (Wildman–Crippen LogP) is 9.65. The minimum Gasteiger partial charge on any atom is -0.439 e. The van der Waals surface area contributed by atoms with Gasteiger partial charge in [0.1, 0.15) is 11.7 Å². The van der Waals surface area contributed by atoms with Gasteiger partial charge in [0.05, 0.1) is 44.9 Å². The van der Waals surface area contributed by atoms with Gasteiger partial charge in [-0.25, -0.2) is 0 Å². The first-order valence-corrected chi connectivity index (χ1v) is 15.5. The van der Waals surface area contributed by atoms with Crippen molar-refractivity contribution in [3.05, 3.63) is 152 Å². The molecule has 0 aliphatic rings. The van der Waals surface area contributed by atoms with Gasteiger partial charge in [-0.2, -0.15) is 5.26 Å². The standard InChI is InChI=1S/C41H24N6O/c42-25-28-36(29-15-5-9-21-43-29)37(30-16-6-10-22-44-30)38(31-17-7-11-23-45-31)39(32-18-8-12-24-46-32)40(28)47-33-19-3-1-13-26(33)35-27-14-2-4-20-34(27)48-41(35)47/h1-24H. The van der Waals surface area contributed by atoms with Gasteiger partial charge in [-0.05, 0) is 60.7 Å².